The van der Waals surface area contributed by atoms with E-state index in [1.165, 1.54) is 11.1 Å². The summed E-state index contributed by atoms with van der Waals surface area (Å²) in [5.41, 5.74) is 5.80. The van der Waals surface area contributed by atoms with Gasteiger partial charge in [-0.15, -0.1) is 6.42 Å². The van der Waals surface area contributed by atoms with Crippen molar-refractivity contribution < 1.29 is 4.79 Å². The molecular formula is C8H10N4O. The average molecular weight is 178 g/mol. The van der Waals surface area contributed by atoms with Crippen molar-refractivity contribution in [1.82, 2.24) is 15.1 Å². The van der Waals surface area contributed by atoms with Gasteiger partial charge in [-0.05, 0) is 0 Å². The summed E-state index contributed by atoms with van der Waals surface area (Å²) >= 11 is 0. The second kappa shape index (κ2) is 3.63. The minimum absolute atomic E-state index is 0.232. The normalized spacial score (nSPS) is 9.23. The fourth-order valence-corrected chi connectivity index (χ4v) is 0.881. The molecule has 0 bridgehead atoms. The lowest BCUT2D eigenvalue weighted by molar-refractivity contribution is 0.0813. The fraction of sp³-hybridized carbons (Fsp3) is 0.250. The molecular weight excluding hydrogens is 168 g/mol. The third kappa shape index (κ3) is 1.79. The molecule has 5 nitrogen and oxygen atoms in total. The Morgan fingerprint density at radius 2 is 2.62 bits per heavy atom. The zero-order chi connectivity index (χ0) is 9.84. The lowest BCUT2D eigenvalue weighted by Crippen LogP contribution is -2.27. The van der Waals surface area contributed by atoms with Gasteiger partial charge in [-0.3, -0.25) is 9.89 Å². The number of nitrogens with two attached hydrogens (primary N) is 1. The molecule has 0 spiro atoms. The molecule has 0 saturated heterocycles. The Morgan fingerprint density at radius 3 is 3.08 bits per heavy atom. The van der Waals surface area contributed by atoms with E-state index in [1.807, 2.05) is 0 Å². The number of nitrogen functional groups attached to an aromatic ring is 1. The minimum Gasteiger partial charge on any atom is -0.383 e. The number of carbonyl (C=O) groups is 1. The van der Waals surface area contributed by atoms with Crippen LogP contribution in [0, 0.1) is 12.3 Å². The number of hydrogen-bond acceptors (Lipinski definition) is 3. The third-order valence-electron chi connectivity index (χ3n) is 1.57. The second-order valence-electron chi connectivity index (χ2n) is 2.56. The van der Waals surface area contributed by atoms with Crippen molar-refractivity contribution in [2.75, 3.05) is 19.3 Å². The van der Waals surface area contributed by atoms with Gasteiger partial charge in [0.25, 0.3) is 5.91 Å². The van der Waals surface area contributed by atoms with Crippen molar-refractivity contribution in [2.24, 2.45) is 0 Å². The Morgan fingerprint density at radius 1 is 1.92 bits per heavy atom. The van der Waals surface area contributed by atoms with E-state index >= 15 is 0 Å². The van der Waals surface area contributed by atoms with Gasteiger partial charge in [0.1, 0.15) is 11.4 Å². The molecule has 1 heterocycles. The number of anilines is 1. The lowest BCUT2D eigenvalue weighted by Gasteiger charge is -2.12. The maximum Gasteiger partial charge on any atom is 0.259 e. The number of aromatic amines is 1. The average Bonchev–Trinajstić information content (AvgIpc) is 2.50. The maximum atomic E-state index is 11.5. The van der Waals surface area contributed by atoms with Gasteiger partial charge in [-0.2, -0.15) is 5.10 Å². The van der Waals surface area contributed by atoms with E-state index < -0.39 is 0 Å². The first-order valence-corrected chi connectivity index (χ1v) is 3.64. The van der Waals surface area contributed by atoms with Gasteiger partial charge in [-0.25, -0.2) is 0 Å². The molecule has 0 saturated carbocycles. The highest BCUT2D eigenvalue weighted by molar-refractivity contribution is 5.98. The number of nitrogens with one attached hydrogen (secondary N) is 1. The summed E-state index contributed by atoms with van der Waals surface area (Å²) in [6.45, 7) is 0.253. The summed E-state index contributed by atoms with van der Waals surface area (Å²) in [7, 11) is 1.61. The number of H-pyrrole nitrogens is 1. The molecule has 0 aliphatic rings. The number of amides is 1. The number of carbonyl (C=O) groups excluding carboxylic acids is 1. The summed E-state index contributed by atoms with van der Waals surface area (Å²) in [6.07, 6.45) is 6.44. The molecule has 0 aliphatic heterocycles. The first-order valence-electron chi connectivity index (χ1n) is 3.64. The van der Waals surface area contributed by atoms with Gasteiger partial charge in [0.15, 0.2) is 0 Å². The maximum absolute atomic E-state index is 11.5. The number of nitrogens with zero attached hydrogens (tertiary/aromatic N) is 2. The zero-order valence-electron chi connectivity index (χ0n) is 7.24. The molecule has 0 atom stereocenters. The molecule has 0 aliphatic carbocycles. The van der Waals surface area contributed by atoms with Crippen LogP contribution in [-0.4, -0.2) is 34.6 Å². The van der Waals surface area contributed by atoms with Crippen LogP contribution in [0.15, 0.2) is 6.20 Å². The van der Waals surface area contributed by atoms with E-state index in [1.54, 1.807) is 7.05 Å². The Balaban J connectivity index is 2.81. The Kier molecular flexibility index (Phi) is 2.55. The van der Waals surface area contributed by atoms with Gasteiger partial charge in [0.05, 0.1) is 12.7 Å². The van der Waals surface area contributed by atoms with E-state index in [0.29, 0.717) is 5.56 Å². The second-order valence-corrected chi connectivity index (χ2v) is 2.56. The molecule has 13 heavy (non-hydrogen) atoms. The van der Waals surface area contributed by atoms with Crippen LogP contribution in [0.25, 0.3) is 0 Å². The highest BCUT2D eigenvalue weighted by Crippen LogP contribution is 2.08. The summed E-state index contributed by atoms with van der Waals surface area (Å²) in [6, 6.07) is 0. The molecule has 1 amide bonds. The van der Waals surface area contributed by atoms with Crippen LogP contribution >= 0.6 is 0 Å². The monoisotopic (exact) mass is 178 g/mol. The van der Waals surface area contributed by atoms with E-state index in [0.717, 1.165) is 0 Å². The Labute approximate surface area is 75.9 Å². The van der Waals surface area contributed by atoms with Crippen LogP contribution in [0.3, 0.4) is 0 Å². The number of terminal acetylenes is 1. The van der Waals surface area contributed by atoms with E-state index in [4.69, 9.17) is 12.2 Å². The standard InChI is InChI=1S/C8H10N4O/c1-3-4-12(2)8(13)6-5-10-11-7(6)9/h1,5H,4H2,2H3,(H3,9,10,11). The zero-order valence-corrected chi connectivity index (χ0v) is 7.24. The topological polar surface area (TPSA) is 75.0 Å². The quantitative estimate of drug-likeness (QED) is 0.610. The van der Waals surface area contributed by atoms with Crippen LogP contribution in [0.4, 0.5) is 5.82 Å². The van der Waals surface area contributed by atoms with E-state index in [2.05, 4.69) is 16.1 Å². The van der Waals surface area contributed by atoms with Crippen molar-refractivity contribution in [1.29, 1.82) is 0 Å². The van der Waals surface area contributed by atoms with Crippen LogP contribution in [0.5, 0.6) is 0 Å². The Hall–Kier alpha value is -1.96. The minimum atomic E-state index is -0.232. The summed E-state index contributed by atoms with van der Waals surface area (Å²) < 4.78 is 0. The van der Waals surface area contributed by atoms with Crippen molar-refractivity contribution in [3.05, 3.63) is 11.8 Å². The SMILES string of the molecule is C#CCN(C)C(=O)c1cn[nH]c1N. The molecule has 3 N–H and O–H groups in total. The Bertz CT molecular complexity index is 349. The summed E-state index contributed by atoms with van der Waals surface area (Å²) in [4.78, 5) is 12.9. The number of rotatable bonds is 2. The molecule has 1 rings (SSSR count). The van der Waals surface area contributed by atoms with Crippen LogP contribution in [0.2, 0.25) is 0 Å². The van der Waals surface area contributed by atoms with Gasteiger partial charge in [-0.1, -0.05) is 5.92 Å². The van der Waals surface area contributed by atoms with Crippen molar-refractivity contribution >= 4 is 11.7 Å². The van der Waals surface area contributed by atoms with Gasteiger partial charge in [0, 0.05) is 7.05 Å². The predicted molar refractivity (Wildman–Crippen MR) is 48.8 cm³/mol. The molecule has 1 aromatic heterocycles. The summed E-state index contributed by atoms with van der Waals surface area (Å²) in [5.74, 6) is 2.39. The molecule has 0 radical (unpaired) electrons. The van der Waals surface area contributed by atoms with Crippen molar-refractivity contribution in [3.63, 3.8) is 0 Å². The van der Waals surface area contributed by atoms with E-state index in [9.17, 15) is 4.79 Å². The van der Waals surface area contributed by atoms with Crippen molar-refractivity contribution in [3.8, 4) is 12.3 Å². The predicted octanol–water partition coefficient (Wildman–Crippen LogP) is -0.303. The molecule has 5 heteroatoms. The van der Waals surface area contributed by atoms with Crippen LogP contribution < -0.4 is 5.73 Å². The lowest BCUT2D eigenvalue weighted by atomic mass is 10.3. The largest absolute Gasteiger partial charge is 0.383 e. The first-order chi connectivity index (χ1) is 6.16. The van der Waals surface area contributed by atoms with Crippen LogP contribution in [-0.2, 0) is 0 Å². The molecule has 1 aromatic rings. The first kappa shape index (κ1) is 9.13. The molecule has 0 unspecified atom stereocenters. The third-order valence-corrected chi connectivity index (χ3v) is 1.57. The highest BCUT2D eigenvalue weighted by atomic mass is 16.2. The smallest absolute Gasteiger partial charge is 0.259 e. The fourth-order valence-electron chi connectivity index (χ4n) is 0.881. The molecule has 0 fully saturated rings. The highest BCUT2D eigenvalue weighted by Gasteiger charge is 2.14. The van der Waals surface area contributed by atoms with Gasteiger partial charge in [0.2, 0.25) is 0 Å². The van der Waals surface area contributed by atoms with Gasteiger partial charge >= 0.3 is 0 Å². The number of aromatic nitrogens is 2. The molecule has 68 valence electrons. The van der Waals surface area contributed by atoms with Crippen LogP contribution in [0.1, 0.15) is 10.4 Å². The van der Waals surface area contributed by atoms with Crippen molar-refractivity contribution in [2.45, 2.75) is 0 Å². The van der Waals surface area contributed by atoms with Gasteiger partial charge < -0.3 is 10.6 Å². The number of hydrogen-bond donors (Lipinski definition) is 2. The molecule has 0 aromatic carbocycles. The van der Waals surface area contributed by atoms with E-state index in [-0.39, 0.29) is 18.3 Å². The summed E-state index contributed by atoms with van der Waals surface area (Å²) in [5, 5.41) is 6.11.